The van der Waals surface area contributed by atoms with Gasteiger partial charge in [0.25, 0.3) is 0 Å². The Labute approximate surface area is 204 Å². The molecule has 1 heterocycles. The Hall–Kier alpha value is -2.82. The molecule has 0 radical (unpaired) electrons. The lowest BCUT2D eigenvalue weighted by molar-refractivity contribution is -0.138. The van der Waals surface area contributed by atoms with E-state index in [4.69, 9.17) is 0 Å². The van der Waals surface area contributed by atoms with Crippen LogP contribution in [0.15, 0.2) is 48.5 Å². The number of nitrogens with zero attached hydrogens (tertiary/aromatic N) is 1. The zero-order chi connectivity index (χ0) is 25.3. The fourth-order valence-corrected chi connectivity index (χ4v) is 4.86. The number of piperidine rings is 1. The van der Waals surface area contributed by atoms with Crippen molar-refractivity contribution in [2.75, 3.05) is 13.1 Å². The van der Waals surface area contributed by atoms with Gasteiger partial charge in [-0.3, -0.25) is 9.69 Å². The van der Waals surface area contributed by atoms with Gasteiger partial charge in [0.05, 0.1) is 5.56 Å². The normalized spacial score (nSPS) is 19.7. The van der Waals surface area contributed by atoms with Gasteiger partial charge in [-0.1, -0.05) is 42.2 Å². The molecule has 1 amide bonds. The number of likely N-dealkylation sites (tertiary alicyclic amines) is 1. The third-order valence-electron chi connectivity index (χ3n) is 7.01. The van der Waals surface area contributed by atoms with Crippen molar-refractivity contribution in [2.45, 2.75) is 58.0 Å². The van der Waals surface area contributed by atoms with Crippen molar-refractivity contribution in [1.29, 1.82) is 0 Å². The van der Waals surface area contributed by atoms with Gasteiger partial charge in [0.2, 0.25) is 5.91 Å². The zero-order valence-corrected chi connectivity index (χ0v) is 20.1. The maximum absolute atomic E-state index is 13.2. The second-order valence-corrected chi connectivity index (χ2v) is 10.3. The third-order valence-corrected chi connectivity index (χ3v) is 7.01. The van der Waals surface area contributed by atoms with Gasteiger partial charge in [0.1, 0.15) is 5.60 Å². The van der Waals surface area contributed by atoms with Crippen molar-refractivity contribution in [2.24, 2.45) is 11.3 Å². The van der Waals surface area contributed by atoms with Crippen LogP contribution in [-0.4, -0.2) is 34.6 Å². The minimum Gasteiger partial charge on any atom is -0.378 e. The molecule has 35 heavy (non-hydrogen) atoms. The van der Waals surface area contributed by atoms with Crippen LogP contribution in [0.2, 0.25) is 0 Å². The van der Waals surface area contributed by atoms with E-state index in [0.29, 0.717) is 0 Å². The lowest BCUT2D eigenvalue weighted by Gasteiger charge is -2.32. The molecule has 2 fully saturated rings. The molecule has 7 heteroatoms. The van der Waals surface area contributed by atoms with Crippen molar-refractivity contribution < 1.29 is 23.1 Å². The lowest BCUT2D eigenvalue weighted by Crippen LogP contribution is -2.36. The second-order valence-electron chi connectivity index (χ2n) is 10.3. The van der Waals surface area contributed by atoms with E-state index in [1.54, 1.807) is 19.9 Å². The van der Waals surface area contributed by atoms with Crippen LogP contribution in [0.4, 0.5) is 13.2 Å². The predicted molar refractivity (Wildman–Crippen MR) is 128 cm³/mol. The van der Waals surface area contributed by atoms with E-state index < -0.39 is 17.3 Å². The van der Waals surface area contributed by atoms with Gasteiger partial charge in [-0.25, -0.2) is 0 Å². The van der Waals surface area contributed by atoms with Crippen molar-refractivity contribution in [3.63, 3.8) is 0 Å². The van der Waals surface area contributed by atoms with Crippen molar-refractivity contribution >= 4 is 5.91 Å². The predicted octanol–water partition coefficient (Wildman–Crippen LogP) is 4.75. The summed E-state index contributed by atoms with van der Waals surface area (Å²) >= 11 is 0. The fraction of sp³-hybridized carbons (Fsp3) is 0.464. The van der Waals surface area contributed by atoms with Crippen LogP contribution in [0, 0.1) is 23.2 Å². The number of hydrogen-bond donors (Lipinski definition) is 2. The maximum Gasteiger partial charge on any atom is 0.416 e. The van der Waals surface area contributed by atoms with Crippen LogP contribution in [0.5, 0.6) is 0 Å². The standard InChI is InChI=1S/C28H31F3N2O2/c1-26(2,35)12-11-20-7-9-21(10-8-20)19-33-15-13-27(14-16-33)17-24(27)25(34)32-18-22-5-3-4-6-23(22)28(29,30)31/h3-10,24,35H,13-19H2,1-2H3,(H,32,34). The first-order valence-electron chi connectivity index (χ1n) is 11.9. The molecule has 4 rings (SSSR count). The average Bonchev–Trinajstić information content (AvgIpc) is 3.51. The number of carbonyl (C=O) groups is 1. The van der Waals surface area contributed by atoms with E-state index in [-0.39, 0.29) is 29.3 Å². The molecule has 1 unspecified atom stereocenters. The highest BCUT2D eigenvalue weighted by atomic mass is 19.4. The molecule has 1 atom stereocenters. The molecule has 1 spiro atoms. The number of hydrogen-bond acceptors (Lipinski definition) is 3. The molecule has 2 aromatic carbocycles. The molecular formula is C28H31F3N2O2. The number of rotatable bonds is 5. The smallest absolute Gasteiger partial charge is 0.378 e. The Kier molecular flexibility index (Phi) is 6.99. The number of alkyl halides is 3. The summed E-state index contributed by atoms with van der Waals surface area (Å²) < 4.78 is 39.6. The Morgan fingerprint density at radius 3 is 2.40 bits per heavy atom. The Balaban J connectivity index is 1.25. The van der Waals surface area contributed by atoms with Crippen LogP contribution < -0.4 is 5.32 Å². The van der Waals surface area contributed by atoms with Crippen molar-refractivity contribution in [3.05, 3.63) is 70.8 Å². The van der Waals surface area contributed by atoms with Crippen LogP contribution in [0.25, 0.3) is 0 Å². The summed E-state index contributed by atoms with van der Waals surface area (Å²) in [7, 11) is 0. The number of halogens is 3. The Morgan fingerprint density at radius 2 is 1.77 bits per heavy atom. The van der Waals surface area contributed by atoms with E-state index in [1.807, 2.05) is 24.3 Å². The molecule has 2 aliphatic rings. The maximum atomic E-state index is 13.2. The number of aliphatic hydroxyl groups is 1. The highest BCUT2D eigenvalue weighted by molar-refractivity contribution is 5.82. The summed E-state index contributed by atoms with van der Waals surface area (Å²) in [6.07, 6.45) is -1.79. The molecule has 2 N–H and O–H groups in total. The quantitative estimate of drug-likeness (QED) is 0.603. The SMILES string of the molecule is CC(C)(O)C#Cc1ccc(CN2CCC3(CC2)CC3C(=O)NCc2ccccc2C(F)(F)F)cc1. The minimum absolute atomic E-state index is 0.0132. The van der Waals surface area contributed by atoms with Gasteiger partial charge in [-0.05, 0) is 80.9 Å². The van der Waals surface area contributed by atoms with Gasteiger partial charge in [-0.15, -0.1) is 0 Å². The summed E-state index contributed by atoms with van der Waals surface area (Å²) in [6.45, 7) is 5.79. The molecule has 1 aliphatic heterocycles. The first-order chi connectivity index (χ1) is 16.5. The van der Waals surface area contributed by atoms with Crippen LogP contribution in [0.3, 0.4) is 0 Å². The van der Waals surface area contributed by atoms with Gasteiger partial charge in [-0.2, -0.15) is 13.2 Å². The van der Waals surface area contributed by atoms with Gasteiger partial charge < -0.3 is 10.4 Å². The average molecular weight is 485 g/mol. The number of amides is 1. The van der Waals surface area contributed by atoms with E-state index in [1.165, 1.54) is 17.7 Å². The summed E-state index contributed by atoms with van der Waals surface area (Å²) in [4.78, 5) is 15.1. The van der Waals surface area contributed by atoms with Crippen LogP contribution in [-0.2, 0) is 24.1 Å². The summed E-state index contributed by atoms with van der Waals surface area (Å²) in [5.74, 6) is 5.53. The summed E-state index contributed by atoms with van der Waals surface area (Å²) in [6, 6.07) is 13.4. The molecule has 1 aliphatic carbocycles. The zero-order valence-electron chi connectivity index (χ0n) is 20.1. The van der Waals surface area contributed by atoms with Crippen molar-refractivity contribution in [1.82, 2.24) is 10.2 Å². The molecule has 1 saturated heterocycles. The Morgan fingerprint density at radius 1 is 1.11 bits per heavy atom. The number of benzene rings is 2. The lowest BCUT2D eigenvalue weighted by atomic mass is 9.90. The second kappa shape index (κ2) is 9.67. The van der Waals surface area contributed by atoms with Gasteiger partial charge in [0.15, 0.2) is 0 Å². The third kappa shape index (κ3) is 6.45. The molecule has 4 nitrogen and oxygen atoms in total. The molecule has 0 aromatic heterocycles. The van der Waals surface area contributed by atoms with Crippen LogP contribution >= 0.6 is 0 Å². The van der Waals surface area contributed by atoms with Gasteiger partial charge in [0, 0.05) is 24.6 Å². The molecule has 186 valence electrons. The van der Waals surface area contributed by atoms with E-state index in [0.717, 1.165) is 50.5 Å². The summed E-state index contributed by atoms with van der Waals surface area (Å²) in [5, 5.41) is 12.5. The number of carbonyl (C=O) groups excluding carboxylic acids is 1. The summed E-state index contributed by atoms with van der Waals surface area (Å²) in [5.41, 5.74) is 0.404. The largest absolute Gasteiger partial charge is 0.416 e. The topological polar surface area (TPSA) is 52.6 Å². The Bertz CT molecular complexity index is 1120. The van der Waals surface area contributed by atoms with Gasteiger partial charge >= 0.3 is 6.18 Å². The highest BCUT2D eigenvalue weighted by Crippen LogP contribution is 2.59. The molecule has 1 saturated carbocycles. The molecule has 2 aromatic rings. The number of nitrogens with one attached hydrogen (secondary N) is 1. The fourth-order valence-electron chi connectivity index (χ4n) is 4.86. The van der Waals surface area contributed by atoms with E-state index in [2.05, 4.69) is 22.1 Å². The minimum atomic E-state index is -4.43. The van der Waals surface area contributed by atoms with E-state index in [9.17, 15) is 23.1 Å². The molecular weight excluding hydrogens is 453 g/mol. The first kappa shape index (κ1) is 25.3. The van der Waals surface area contributed by atoms with Crippen molar-refractivity contribution in [3.8, 4) is 11.8 Å². The monoisotopic (exact) mass is 484 g/mol. The van der Waals surface area contributed by atoms with Crippen LogP contribution in [0.1, 0.15) is 55.4 Å². The first-order valence-corrected chi connectivity index (χ1v) is 11.9. The highest BCUT2D eigenvalue weighted by Gasteiger charge is 2.58. The van der Waals surface area contributed by atoms with E-state index >= 15 is 0 Å². The molecule has 0 bridgehead atoms.